The van der Waals surface area contributed by atoms with E-state index in [0.717, 1.165) is 17.0 Å². The van der Waals surface area contributed by atoms with Gasteiger partial charge in [-0.2, -0.15) is 0 Å². The highest BCUT2D eigenvalue weighted by molar-refractivity contribution is 6.32. The molecule has 0 radical (unpaired) electrons. The van der Waals surface area contributed by atoms with E-state index in [9.17, 15) is 4.79 Å². The lowest BCUT2D eigenvalue weighted by Gasteiger charge is -2.19. The number of rotatable bonds is 6. The van der Waals surface area contributed by atoms with Crippen molar-refractivity contribution in [3.05, 3.63) is 82.9 Å². The van der Waals surface area contributed by atoms with Crippen molar-refractivity contribution in [2.75, 3.05) is 6.61 Å². The molecule has 1 amide bonds. The quantitative estimate of drug-likeness (QED) is 0.721. The van der Waals surface area contributed by atoms with Crippen LogP contribution in [0.2, 0.25) is 5.02 Å². The molecule has 0 aliphatic heterocycles. The van der Waals surface area contributed by atoms with Crippen molar-refractivity contribution in [2.45, 2.75) is 13.0 Å². The monoisotopic (exact) mass is 369 g/mol. The summed E-state index contributed by atoms with van der Waals surface area (Å²) in [6.07, 6.45) is 3.56. The van der Waals surface area contributed by atoms with E-state index < -0.39 is 0 Å². The molecule has 1 aromatic heterocycles. The van der Waals surface area contributed by atoms with E-state index in [1.54, 1.807) is 12.3 Å². The van der Waals surface area contributed by atoms with Gasteiger partial charge in [0.1, 0.15) is 17.6 Å². The van der Waals surface area contributed by atoms with Gasteiger partial charge in [0.05, 0.1) is 5.02 Å². The zero-order valence-corrected chi connectivity index (χ0v) is 15.4. The second-order valence-electron chi connectivity index (χ2n) is 6.03. The molecule has 0 saturated heterocycles. The zero-order chi connectivity index (χ0) is 18.5. The molecule has 0 spiro atoms. The Bertz CT molecular complexity index is 893. The summed E-state index contributed by atoms with van der Waals surface area (Å²) in [5, 5.41) is 3.47. The maximum atomic E-state index is 12.5. The molecule has 3 rings (SSSR count). The third-order valence-corrected chi connectivity index (χ3v) is 4.31. The van der Waals surface area contributed by atoms with Gasteiger partial charge in [0.25, 0.3) is 5.91 Å². The molecule has 1 atom stereocenters. The Balaban J connectivity index is 1.74. The van der Waals surface area contributed by atoms with Gasteiger partial charge < -0.3 is 14.6 Å². The number of hydrogen-bond acceptors (Lipinski definition) is 3. The highest BCUT2D eigenvalue weighted by atomic mass is 35.5. The minimum absolute atomic E-state index is 0.128. The molecule has 0 aliphatic rings. The third kappa shape index (κ3) is 4.24. The van der Waals surface area contributed by atoms with E-state index in [-0.39, 0.29) is 18.6 Å². The molecule has 3 aromatic rings. The third-order valence-electron chi connectivity index (χ3n) is 4.00. The van der Waals surface area contributed by atoms with Gasteiger partial charge in [-0.15, -0.1) is 0 Å². The average Bonchev–Trinajstić information content (AvgIpc) is 3.07. The zero-order valence-electron chi connectivity index (χ0n) is 14.6. The van der Waals surface area contributed by atoms with Crippen molar-refractivity contribution in [1.82, 2.24) is 14.9 Å². The molecule has 0 unspecified atom stereocenters. The fourth-order valence-electron chi connectivity index (χ4n) is 2.66. The number of amides is 1. The van der Waals surface area contributed by atoms with Crippen LogP contribution in [0.25, 0.3) is 0 Å². The van der Waals surface area contributed by atoms with E-state index in [2.05, 4.69) is 10.3 Å². The number of halogens is 1. The number of nitrogens with zero attached hydrogens (tertiary/aromatic N) is 2. The number of aromatic nitrogens is 2. The summed E-state index contributed by atoms with van der Waals surface area (Å²) in [4.78, 5) is 16.9. The van der Waals surface area contributed by atoms with E-state index >= 15 is 0 Å². The predicted molar refractivity (Wildman–Crippen MR) is 101 cm³/mol. The standard InChI is InChI=1S/C20H20ClN3O2/c1-14-8-9-16(21)17(12-14)26-13-18(25)23-19(15-6-4-3-5-7-15)20-22-10-11-24(20)2/h3-12,19H,13H2,1-2H3,(H,23,25)/t19-/m1/s1. The Morgan fingerprint density at radius 3 is 2.73 bits per heavy atom. The van der Waals surface area contributed by atoms with Gasteiger partial charge in [0.2, 0.25) is 0 Å². The molecule has 0 fully saturated rings. The van der Waals surface area contributed by atoms with Crippen LogP contribution in [0.1, 0.15) is 23.0 Å². The molecule has 134 valence electrons. The Labute approximate surface area is 157 Å². The summed E-state index contributed by atoms with van der Waals surface area (Å²) in [5.74, 6) is 0.993. The maximum Gasteiger partial charge on any atom is 0.258 e. The molecule has 0 saturated carbocycles. The number of carbonyl (C=O) groups excluding carboxylic acids is 1. The van der Waals surface area contributed by atoms with Crippen molar-refractivity contribution in [3.8, 4) is 5.75 Å². The first-order valence-corrected chi connectivity index (χ1v) is 8.63. The molecule has 2 aromatic carbocycles. The minimum Gasteiger partial charge on any atom is -0.482 e. The molecular formula is C20H20ClN3O2. The number of ether oxygens (including phenoxy) is 1. The molecule has 6 heteroatoms. The Hall–Kier alpha value is -2.79. The van der Waals surface area contributed by atoms with Crippen molar-refractivity contribution in [3.63, 3.8) is 0 Å². The van der Waals surface area contributed by atoms with Gasteiger partial charge >= 0.3 is 0 Å². The van der Waals surface area contributed by atoms with Gasteiger partial charge in [0.15, 0.2) is 6.61 Å². The van der Waals surface area contributed by atoms with E-state index in [0.29, 0.717) is 10.8 Å². The molecule has 1 heterocycles. The highest BCUT2D eigenvalue weighted by Crippen LogP contribution is 2.25. The molecule has 0 bridgehead atoms. The highest BCUT2D eigenvalue weighted by Gasteiger charge is 2.20. The van der Waals surface area contributed by atoms with Crippen LogP contribution in [0.5, 0.6) is 5.75 Å². The summed E-state index contributed by atoms with van der Waals surface area (Å²) in [6.45, 7) is 1.81. The number of aryl methyl sites for hydroxylation is 2. The fraction of sp³-hybridized carbons (Fsp3) is 0.200. The van der Waals surface area contributed by atoms with Crippen LogP contribution in [-0.4, -0.2) is 22.1 Å². The lowest BCUT2D eigenvalue weighted by Crippen LogP contribution is -2.34. The summed E-state index contributed by atoms with van der Waals surface area (Å²) in [7, 11) is 1.90. The minimum atomic E-state index is -0.361. The lowest BCUT2D eigenvalue weighted by atomic mass is 10.1. The average molecular weight is 370 g/mol. The van der Waals surface area contributed by atoms with E-state index in [1.807, 2.05) is 67.2 Å². The van der Waals surface area contributed by atoms with Crippen LogP contribution in [0.4, 0.5) is 0 Å². The van der Waals surface area contributed by atoms with Gasteiger partial charge in [-0.05, 0) is 30.2 Å². The number of carbonyl (C=O) groups is 1. The molecule has 0 aliphatic carbocycles. The predicted octanol–water partition coefficient (Wildman–Crippen LogP) is 3.67. The van der Waals surface area contributed by atoms with Crippen molar-refractivity contribution < 1.29 is 9.53 Å². The SMILES string of the molecule is Cc1ccc(Cl)c(OCC(=O)N[C@H](c2ccccc2)c2nccn2C)c1. The van der Waals surface area contributed by atoms with Crippen LogP contribution in [-0.2, 0) is 11.8 Å². The fourth-order valence-corrected chi connectivity index (χ4v) is 2.84. The van der Waals surface area contributed by atoms with Gasteiger partial charge in [-0.1, -0.05) is 48.0 Å². The first kappa shape index (κ1) is 18.0. The van der Waals surface area contributed by atoms with Crippen molar-refractivity contribution >= 4 is 17.5 Å². The number of hydrogen-bond donors (Lipinski definition) is 1. The van der Waals surface area contributed by atoms with Crippen LogP contribution >= 0.6 is 11.6 Å². The van der Waals surface area contributed by atoms with E-state index in [4.69, 9.17) is 16.3 Å². The smallest absolute Gasteiger partial charge is 0.258 e. The maximum absolute atomic E-state index is 12.5. The van der Waals surface area contributed by atoms with Crippen LogP contribution in [0.15, 0.2) is 60.9 Å². The second kappa shape index (κ2) is 8.06. The van der Waals surface area contributed by atoms with Crippen molar-refractivity contribution in [2.24, 2.45) is 7.05 Å². The Morgan fingerprint density at radius 2 is 2.04 bits per heavy atom. The Morgan fingerprint density at radius 1 is 1.27 bits per heavy atom. The molecule has 26 heavy (non-hydrogen) atoms. The number of imidazole rings is 1. The summed E-state index contributed by atoms with van der Waals surface area (Å²) < 4.78 is 7.48. The van der Waals surface area contributed by atoms with Crippen LogP contribution < -0.4 is 10.1 Å². The first-order chi connectivity index (χ1) is 12.5. The van der Waals surface area contributed by atoms with Crippen LogP contribution in [0.3, 0.4) is 0 Å². The largest absolute Gasteiger partial charge is 0.482 e. The summed E-state index contributed by atoms with van der Waals surface area (Å²) in [5.41, 5.74) is 1.96. The first-order valence-electron chi connectivity index (χ1n) is 8.25. The summed E-state index contributed by atoms with van der Waals surface area (Å²) in [6, 6.07) is 14.8. The topological polar surface area (TPSA) is 56.1 Å². The number of benzene rings is 2. The normalized spacial score (nSPS) is 11.8. The molecule has 1 N–H and O–H groups in total. The molecule has 5 nitrogen and oxygen atoms in total. The van der Waals surface area contributed by atoms with Crippen LogP contribution in [0, 0.1) is 6.92 Å². The summed E-state index contributed by atoms with van der Waals surface area (Å²) >= 11 is 6.11. The van der Waals surface area contributed by atoms with Gasteiger partial charge in [-0.25, -0.2) is 4.98 Å². The Kier molecular flexibility index (Phi) is 5.58. The molecular weight excluding hydrogens is 350 g/mol. The van der Waals surface area contributed by atoms with Gasteiger partial charge in [-0.3, -0.25) is 4.79 Å². The number of nitrogens with one attached hydrogen (secondary N) is 1. The second-order valence-corrected chi connectivity index (χ2v) is 6.44. The van der Waals surface area contributed by atoms with Crippen molar-refractivity contribution in [1.29, 1.82) is 0 Å². The van der Waals surface area contributed by atoms with E-state index in [1.165, 1.54) is 0 Å². The van der Waals surface area contributed by atoms with Gasteiger partial charge in [0, 0.05) is 19.4 Å². The lowest BCUT2D eigenvalue weighted by molar-refractivity contribution is -0.123.